The molecule has 33 heavy (non-hydrogen) atoms. The minimum Gasteiger partial charge on any atom is -0.506 e. The third-order valence-corrected chi connectivity index (χ3v) is 6.78. The van der Waals surface area contributed by atoms with Gasteiger partial charge in [-0.2, -0.15) is 0 Å². The van der Waals surface area contributed by atoms with E-state index in [2.05, 4.69) is 10.0 Å². The summed E-state index contributed by atoms with van der Waals surface area (Å²) >= 11 is 1.30. The molecule has 0 saturated heterocycles. The standard InChI is InChI=1S/C23H24N2O6S2/c1-3-31-16-8-10-17(11-9-16)32-15-23(27)24-20-14-18(12-13-21(20)26)33(28,29)25-19-6-4-5-7-22(19)30-2/h4-14,25-26H,3,15H2,1-2H3,(H,24,27). The van der Waals surface area contributed by atoms with E-state index in [4.69, 9.17) is 9.47 Å². The molecule has 10 heteroatoms. The molecule has 0 unspecified atom stereocenters. The van der Waals surface area contributed by atoms with Crippen molar-refractivity contribution < 1.29 is 27.8 Å². The van der Waals surface area contributed by atoms with Crippen LogP contribution in [0.5, 0.6) is 17.2 Å². The summed E-state index contributed by atoms with van der Waals surface area (Å²) in [6.45, 7) is 2.47. The first kappa shape index (κ1) is 24.3. The molecule has 0 heterocycles. The number of carbonyl (C=O) groups is 1. The van der Waals surface area contributed by atoms with Crippen LogP contribution < -0.4 is 19.5 Å². The minimum absolute atomic E-state index is 0.00445. The lowest BCUT2D eigenvalue weighted by atomic mass is 10.3. The second-order valence-electron chi connectivity index (χ2n) is 6.73. The van der Waals surface area contributed by atoms with E-state index in [1.165, 1.54) is 37.1 Å². The molecule has 3 rings (SSSR count). The molecule has 0 aliphatic rings. The van der Waals surface area contributed by atoms with Gasteiger partial charge < -0.3 is 19.9 Å². The van der Waals surface area contributed by atoms with Gasteiger partial charge in [0.2, 0.25) is 5.91 Å². The Hall–Kier alpha value is -3.37. The summed E-state index contributed by atoms with van der Waals surface area (Å²) in [4.78, 5) is 13.1. The van der Waals surface area contributed by atoms with Gasteiger partial charge in [0.15, 0.2) is 0 Å². The average Bonchev–Trinajstić information content (AvgIpc) is 2.80. The number of amides is 1. The smallest absolute Gasteiger partial charge is 0.262 e. The van der Waals surface area contributed by atoms with Crippen molar-refractivity contribution in [3.63, 3.8) is 0 Å². The van der Waals surface area contributed by atoms with Gasteiger partial charge in [0.05, 0.1) is 35.7 Å². The Bertz CT molecular complexity index is 1210. The molecular weight excluding hydrogens is 464 g/mol. The van der Waals surface area contributed by atoms with Crippen LogP contribution in [0.2, 0.25) is 0 Å². The molecule has 0 saturated carbocycles. The summed E-state index contributed by atoms with van der Waals surface area (Å²) in [5.74, 6) is 0.543. The summed E-state index contributed by atoms with van der Waals surface area (Å²) in [7, 11) is -2.56. The summed E-state index contributed by atoms with van der Waals surface area (Å²) < 4.78 is 38.7. The fraction of sp³-hybridized carbons (Fsp3) is 0.174. The van der Waals surface area contributed by atoms with E-state index < -0.39 is 15.9 Å². The van der Waals surface area contributed by atoms with Gasteiger partial charge in [-0.15, -0.1) is 11.8 Å². The van der Waals surface area contributed by atoms with Crippen LogP contribution in [0.25, 0.3) is 0 Å². The Labute approximate surface area is 197 Å². The van der Waals surface area contributed by atoms with Crippen LogP contribution in [0.1, 0.15) is 6.92 Å². The number of methoxy groups -OCH3 is 1. The normalized spacial score (nSPS) is 11.0. The molecule has 0 bridgehead atoms. The minimum atomic E-state index is -3.99. The Morgan fingerprint density at radius 3 is 2.45 bits per heavy atom. The highest BCUT2D eigenvalue weighted by Gasteiger charge is 2.19. The number of anilines is 2. The van der Waals surface area contributed by atoms with Gasteiger partial charge in [-0.05, 0) is 61.5 Å². The predicted molar refractivity (Wildman–Crippen MR) is 129 cm³/mol. The Morgan fingerprint density at radius 2 is 1.76 bits per heavy atom. The SMILES string of the molecule is CCOc1ccc(SCC(=O)Nc2cc(S(=O)(=O)Nc3ccccc3OC)ccc2O)cc1. The molecule has 3 aromatic rings. The number of ether oxygens (including phenoxy) is 2. The number of nitrogens with one attached hydrogen (secondary N) is 2. The number of hydrogen-bond donors (Lipinski definition) is 3. The molecule has 1 amide bonds. The zero-order valence-electron chi connectivity index (χ0n) is 18.1. The van der Waals surface area contributed by atoms with Crippen molar-refractivity contribution in [1.82, 2.24) is 0 Å². The molecule has 0 fully saturated rings. The zero-order chi connectivity index (χ0) is 23.8. The van der Waals surface area contributed by atoms with E-state index in [0.29, 0.717) is 12.4 Å². The highest BCUT2D eigenvalue weighted by Crippen LogP contribution is 2.30. The summed E-state index contributed by atoms with van der Waals surface area (Å²) in [6.07, 6.45) is 0. The number of sulfonamides is 1. The van der Waals surface area contributed by atoms with Crippen LogP contribution in [0.15, 0.2) is 76.5 Å². The van der Waals surface area contributed by atoms with Gasteiger partial charge in [-0.25, -0.2) is 8.42 Å². The monoisotopic (exact) mass is 488 g/mol. The Balaban J connectivity index is 1.68. The van der Waals surface area contributed by atoms with Crippen molar-refractivity contribution in [3.05, 3.63) is 66.7 Å². The summed E-state index contributed by atoms with van der Waals surface area (Å²) in [5, 5.41) is 12.7. The second-order valence-corrected chi connectivity index (χ2v) is 9.46. The van der Waals surface area contributed by atoms with Gasteiger partial charge in [0, 0.05) is 4.90 Å². The number of para-hydroxylation sites is 2. The van der Waals surface area contributed by atoms with Gasteiger partial charge in [0.1, 0.15) is 17.2 Å². The van der Waals surface area contributed by atoms with Gasteiger partial charge in [0.25, 0.3) is 10.0 Å². The number of phenolic OH excluding ortho intramolecular Hbond substituents is 1. The van der Waals surface area contributed by atoms with Crippen LogP contribution in [0, 0.1) is 0 Å². The maximum atomic E-state index is 12.8. The molecule has 0 aliphatic carbocycles. The van der Waals surface area contributed by atoms with E-state index in [9.17, 15) is 18.3 Å². The van der Waals surface area contributed by atoms with E-state index in [-0.39, 0.29) is 27.8 Å². The number of benzene rings is 3. The second kappa shape index (κ2) is 11.0. The highest BCUT2D eigenvalue weighted by atomic mass is 32.2. The van der Waals surface area contributed by atoms with Gasteiger partial charge in [-0.3, -0.25) is 9.52 Å². The average molecular weight is 489 g/mol. The number of rotatable bonds is 10. The third kappa shape index (κ3) is 6.56. The lowest BCUT2D eigenvalue weighted by Crippen LogP contribution is -2.16. The molecule has 3 N–H and O–H groups in total. The number of carbonyl (C=O) groups excluding carboxylic acids is 1. The van der Waals surface area contributed by atoms with Crippen LogP contribution in [-0.4, -0.2) is 38.9 Å². The fourth-order valence-corrected chi connectivity index (χ4v) is 4.64. The number of phenols is 1. The predicted octanol–water partition coefficient (Wildman–Crippen LogP) is 4.33. The summed E-state index contributed by atoms with van der Waals surface area (Å²) in [5.41, 5.74) is 0.264. The van der Waals surface area contributed by atoms with Crippen LogP contribution in [0.3, 0.4) is 0 Å². The van der Waals surface area contributed by atoms with Crippen LogP contribution in [-0.2, 0) is 14.8 Å². The lowest BCUT2D eigenvalue weighted by molar-refractivity contribution is -0.113. The van der Waals surface area contributed by atoms with Gasteiger partial charge in [-0.1, -0.05) is 12.1 Å². The fourth-order valence-electron chi connectivity index (χ4n) is 2.85. The maximum Gasteiger partial charge on any atom is 0.262 e. The molecule has 0 aliphatic heterocycles. The first-order valence-corrected chi connectivity index (χ1v) is 12.4. The number of aromatic hydroxyl groups is 1. The highest BCUT2D eigenvalue weighted by molar-refractivity contribution is 8.00. The molecule has 0 atom stereocenters. The topological polar surface area (TPSA) is 114 Å². The lowest BCUT2D eigenvalue weighted by Gasteiger charge is -2.13. The first-order chi connectivity index (χ1) is 15.8. The molecule has 8 nitrogen and oxygen atoms in total. The van der Waals surface area contributed by atoms with E-state index >= 15 is 0 Å². The van der Waals surface area contributed by atoms with E-state index in [0.717, 1.165) is 10.6 Å². The van der Waals surface area contributed by atoms with Crippen LogP contribution >= 0.6 is 11.8 Å². The zero-order valence-corrected chi connectivity index (χ0v) is 19.7. The first-order valence-electron chi connectivity index (χ1n) is 9.96. The van der Waals surface area contributed by atoms with Crippen molar-refractivity contribution in [3.8, 4) is 17.2 Å². The van der Waals surface area contributed by atoms with Crippen LogP contribution in [0.4, 0.5) is 11.4 Å². The van der Waals surface area contributed by atoms with E-state index in [1.807, 2.05) is 31.2 Å². The summed E-state index contributed by atoms with van der Waals surface area (Å²) in [6, 6.07) is 17.6. The molecule has 0 spiro atoms. The Kier molecular flexibility index (Phi) is 8.07. The number of hydrogen-bond acceptors (Lipinski definition) is 7. The molecule has 0 radical (unpaired) electrons. The van der Waals surface area contributed by atoms with Crippen molar-refractivity contribution >= 4 is 39.1 Å². The Morgan fingerprint density at radius 1 is 1.03 bits per heavy atom. The molecule has 0 aromatic heterocycles. The quantitative estimate of drug-likeness (QED) is 0.287. The largest absolute Gasteiger partial charge is 0.506 e. The third-order valence-electron chi connectivity index (χ3n) is 4.41. The van der Waals surface area contributed by atoms with Crippen molar-refractivity contribution in [2.75, 3.05) is 29.5 Å². The number of thioether (sulfide) groups is 1. The molecule has 174 valence electrons. The van der Waals surface area contributed by atoms with Gasteiger partial charge >= 0.3 is 0 Å². The van der Waals surface area contributed by atoms with E-state index in [1.54, 1.807) is 24.3 Å². The molecule has 3 aromatic carbocycles. The van der Waals surface area contributed by atoms with Crippen molar-refractivity contribution in [1.29, 1.82) is 0 Å². The van der Waals surface area contributed by atoms with Crippen molar-refractivity contribution in [2.45, 2.75) is 16.7 Å². The van der Waals surface area contributed by atoms with Crippen molar-refractivity contribution in [2.24, 2.45) is 0 Å². The maximum absolute atomic E-state index is 12.8. The molecular formula is C23H24N2O6S2.